The number of fused-ring (bicyclic) bond motifs is 3. The molecule has 2 aliphatic rings. The van der Waals surface area contributed by atoms with E-state index in [1.807, 2.05) is 48.5 Å². The second-order valence-corrected chi connectivity index (χ2v) is 6.29. The van der Waals surface area contributed by atoms with E-state index in [-0.39, 0.29) is 30.9 Å². The van der Waals surface area contributed by atoms with Gasteiger partial charge in [-0.2, -0.15) is 0 Å². The zero-order chi connectivity index (χ0) is 17.6. The summed E-state index contributed by atoms with van der Waals surface area (Å²) in [6, 6.07) is 15.1. The molecule has 4 amide bonds. The van der Waals surface area contributed by atoms with Crippen molar-refractivity contribution in [1.82, 2.24) is 15.1 Å². The van der Waals surface area contributed by atoms with Crippen molar-refractivity contribution in [2.75, 3.05) is 20.1 Å². The Morgan fingerprint density at radius 3 is 2.12 bits per heavy atom. The molecule has 126 valence electrons. The molecule has 1 N–H and O–H groups in total. The van der Waals surface area contributed by atoms with Crippen LogP contribution in [-0.4, -0.2) is 47.8 Å². The molecule has 0 unspecified atom stereocenters. The van der Waals surface area contributed by atoms with Gasteiger partial charge in [-0.3, -0.25) is 14.5 Å². The summed E-state index contributed by atoms with van der Waals surface area (Å²) >= 11 is 0. The van der Waals surface area contributed by atoms with E-state index in [1.165, 1.54) is 4.90 Å². The van der Waals surface area contributed by atoms with Crippen molar-refractivity contribution >= 4 is 17.8 Å². The monoisotopic (exact) mass is 335 g/mol. The molecule has 6 heteroatoms. The Kier molecular flexibility index (Phi) is 3.53. The molecule has 4 rings (SSSR count). The molecule has 1 aliphatic heterocycles. The van der Waals surface area contributed by atoms with Crippen molar-refractivity contribution in [3.05, 3.63) is 59.7 Å². The van der Waals surface area contributed by atoms with Crippen LogP contribution in [-0.2, 0) is 9.59 Å². The number of carbonyl (C=O) groups is 3. The van der Waals surface area contributed by atoms with Crippen LogP contribution in [0.1, 0.15) is 17.2 Å². The number of rotatable bonds is 3. The number of hydrogen-bond acceptors (Lipinski definition) is 3. The average Bonchev–Trinajstić information content (AvgIpc) is 3.05. The largest absolute Gasteiger partial charge is 0.344 e. The quantitative estimate of drug-likeness (QED) is 0.869. The highest BCUT2D eigenvalue weighted by Gasteiger charge is 2.36. The normalized spacial score (nSPS) is 16.2. The number of nitrogens with zero attached hydrogens (tertiary/aromatic N) is 2. The Balaban J connectivity index is 1.58. The number of hydrogen-bond donors (Lipinski definition) is 1. The van der Waals surface area contributed by atoms with E-state index in [4.69, 9.17) is 0 Å². The van der Waals surface area contributed by atoms with Crippen LogP contribution in [0, 0.1) is 0 Å². The second kappa shape index (κ2) is 5.73. The molecule has 0 spiro atoms. The number of imide groups is 1. The van der Waals surface area contributed by atoms with Crippen molar-refractivity contribution in [2.24, 2.45) is 0 Å². The first kappa shape index (κ1) is 15.4. The van der Waals surface area contributed by atoms with Gasteiger partial charge in [0.2, 0.25) is 5.91 Å². The SMILES string of the molecule is CN1CC(=O)N(CC(=O)NC2c3ccccc3-c3ccccc32)C1=O. The molecule has 1 heterocycles. The van der Waals surface area contributed by atoms with Gasteiger partial charge in [0.1, 0.15) is 13.1 Å². The number of amides is 4. The first-order valence-corrected chi connectivity index (χ1v) is 8.09. The molecule has 1 fully saturated rings. The molecule has 0 bridgehead atoms. The fourth-order valence-corrected chi connectivity index (χ4v) is 3.49. The topological polar surface area (TPSA) is 69.7 Å². The van der Waals surface area contributed by atoms with Crippen molar-refractivity contribution in [3.63, 3.8) is 0 Å². The Labute approximate surface area is 145 Å². The van der Waals surface area contributed by atoms with E-state index >= 15 is 0 Å². The van der Waals surface area contributed by atoms with Crippen LogP contribution in [0.4, 0.5) is 4.79 Å². The number of likely N-dealkylation sites (N-methyl/N-ethyl adjacent to an activating group) is 1. The first-order chi connectivity index (χ1) is 12.1. The van der Waals surface area contributed by atoms with Gasteiger partial charge in [0, 0.05) is 7.05 Å². The van der Waals surface area contributed by atoms with Crippen LogP contribution < -0.4 is 5.32 Å². The van der Waals surface area contributed by atoms with E-state index < -0.39 is 6.03 Å². The van der Waals surface area contributed by atoms with Gasteiger partial charge in [0.25, 0.3) is 5.91 Å². The maximum Gasteiger partial charge on any atom is 0.327 e. The average molecular weight is 335 g/mol. The van der Waals surface area contributed by atoms with Gasteiger partial charge >= 0.3 is 6.03 Å². The Bertz CT molecular complexity index is 847. The summed E-state index contributed by atoms with van der Waals surface area (Å²) in [6.07, 6.45) is 0. The maximum atomic E-state index is 12.5. The van der Waals surface area contributed by atoms with Crippen LogP contribution in [0.3, 0.4) is 0 Å². The lowest BCUT2D eigenvalue weighted by molar-refractivity contribution is -0.130. The Morgan fingerprint density at radius 1 is 1.04 bits per heavy atom. The predicted molar refractivity (Wildman–Crippen MR) is 91.6 cm³/mol. The minimum absolute atomic E-state index is 0.0151. The van der Waals surface area contributed by atoms with Gasteiger partial charge in [-0.1, -0.05) is 48.5 Å². The Hall–Kier alpha value is -3.15. The fraction of sp³-hybridized carbons (Fsp3) is 0.211. The van der Waals surface area contributed by atoms with E-state index in [0.717, 1.165) is 27.2 Å². The van der Waals surface area contributed by atoms with Crippen molar-refractivity contribution in [2.45, 2.75) is 6.04 Å². The minimum Gasteiger partial charge on any atom is -0.344 e. The van der Waals surface area contributed by atoms with Crippen LogP contribution in [0.2, 0.25) is 0 Å². The third kappa shape index (κ3) is 2.46. The molecule has 2 aromatic rings. The standard InChI is InChI=1S/C19H17N3O3/c1-21-11-17(24)22(19(21)25)10-16(23)20-18-14-8-4-2-6-12(14)13-7-3-5-9-15(13)18/h2-9,18H,10-11H2,1H3,(H,20,23). The van der Waals surface area contributed by atoms with Crippen molar-refractivity contribution in [1.29, 1.82) is 0 Å². The van der Waals surface area contributed by atoms with Crippen LogP contribution in [0.5, 0.6) is 0 Å². The van der Waals surface area contributed by atoms with Crippen LogP contribution >= 0.6 is 0 Å². The zero-order valence-electron chi connectivity index (χ0n) is 13.7. The summed E-state index contributed by atoms with van der Waals surface area (Å²) in [7, 11) is 1.54. The van der Waals surface area contributed by atoms with E-state index in [9.17, 15) is 14.4 Å². The molecule has 0 radical (unpaired) electrons. The molecular formula is C19H17N3O3. The lowest BCUT2D eigenvalue weighted by atomic mass is 10.1. The second-order valence-electron chi connectivity index (χ2n) is 6.29. The first-order valence-electron chi connectivity index (χ1n) is 8.09. The summed E-state index contributed by atoms with van der Waals surface area (Å²) in [5.41, 5.74) is 4.23. The molecule has 25 heavy (non-hydrogen) atoms. The van der Waals surface area contributed by atoms with E-state index in [0.29, 0.717) is 0 Å². The van der Waals surface area contributed by atoms with Gasteiger partial charge in [-0.15, -0.1) is 0 Å². The Morgan fingerprint density at radius 2 is 1.60 bits per heavy atom. The van der Waals surface area contributed by atoms with E-state index in [1.54, 1.807) is 7.05 Å². The summed E-state index contributed by atoms with van der Waals surface area (Å²) < 4.78 is 0. The molecule has 2 aromatic carbocycles. The van der Waals surface area contributed by atoms with Gasteiger partial charge < -0.3 is 10.2 Å². The van der Waals surface area contributed by atoms with Crippen LogP contribution in [0.25, 0.3) is 11.1 Å². The van der Waals surface area contributed by atoms with Gasteiger partial charge in [0.15, 0.2) is 0 Å². The number of benzene rings is 2. The maximum absolute atomic E-state index is 12.5. The predicted octanol–water partition coefficient (Wildman–Crippen LogP) is 1.77. The molecule has 1 aliphatic carbocycles. The number of nitrogens with one attached hydrogen (secondary N) is 1. The fourth-order valence-electron chi connectivity index (χ4n) is 3.49. The molecule has 0 atom stereocenters. The lowest BCUT2D eigenvalue weighted by Crippen LogP contribution is -2.42. The number of urea groups is 1. The zero-order valence-corrected chi connectivity index (χ0v) is 13.7. The highest BCUT2D eigenvalue weighted by molar-refractivity contribution is 6.04. The number of carbonyl (C=O) groups excluding carboxylic acids is 3. The highest BCUT2D eigenvalue weighted by atomic mass is 16.2. The van der Waals surface area contributed by atoms with Gasteiger partial charge in [-0.25, -0.2) is 4.79 Å². The third-order valence-corrected chi connectivity index (χ3v) is 4.67. The summed E-state index contributed by atoms with van der Waals surface area (Å²) in [5.74, 6) is -0.705. The van der Waals surface area contributed by atoms with Gasteiger partial charge in [0.05, 0.1) is 6.04 Å². The molecule has 6 nitrogen and oxygen atoms in total. The van der Waals surface area contributed by atoms with Crippen molar-refractivity contribution < 1.29 is 14.4 Å². The molecule has 0 saturated carbocycles. The molecular weight excluding hydrogens is 318 g/mol. The lowest BCUT2D eigenvalue weighted by Gasteiger charge is -2.18. The molecule has 0 aromatic heterocycles. The summed E-state index contributed by atoms with van der Waals surface area (Å²) in [6.45, 7) is -0.246. The van der Waals surface area contributed by atoms with Gasteiger partial charge in [-0.05, 0) is 22.3 Å². The summed E-state index contributed by atoms with van der Waals surface area (Å²) in [5, 5.41) is 2.97. The van der Waals surface area contributed by atoms with Crippen molar-refractivity contribution in [3.8, 4) is 11.1 Å². The smallest absolute Gasteiger partial charge is 0.327 e. The minimum atomic E-state index is -0.438. The third-order valence-electron chi connectivity index (χ3n) is 4.67. The van der Waals surface area contributed by atoms with Crippen LogP contribution in [0.15, 0.2) is 48.5 Å². The highest BCUT2D eigenvalue weighted by Crippen LogP contribution is 2.42. The summed E-state index contributed by atoms with van der Waals surface area (Å²) in [4.78, 5) is 38.6. The van der Waals surface area contributed by atoms with E-state index in [2.05, 4.69) is 5.32 Å². The molecule has 1 saturated heterocycles.